The number of benzene rings is 3. The van der Waals surface area contributed by atoms with E-state index in [1.54, 1.807) is 20.3 Å². The van der Waals surface area contributed by atoms with Crippen molar-refractivity contribution in [1.29, 1.82) is 0 Å². The van der Waals surface area contributed by atoms with Crippen LogP contribution >= 0.6 is 0 Å². The first kappa shape index (κ1) is 23.1. The lowest BCUT2D eigenvalue weighted by Crippen LogP contribution is -2.29. The quantitative estimate of drug-likeness (QED) is 0.322. The van der Waals surface area contributed by atoms with Crippen molar-refractivity contribution in [2.45, 2.75) is 26.4 Å². The van der Waals surface area contributed by atoms with Crippen molar-refractivity contribution in [3.8, 4) is 11.5 Å². The van der Waals surface area contributed by atoms with Crippen molar-refractivity contribution in [2.24, 2.45) is 0 Å². The Bertz CT molecular complexity index is 1260. The van der Waals surface area contributed by atoms with Crippen LogP contribution in [-0.2, 0) is 16.1 Å². The lowest BCUT2D eigenvalue weighted by atomic mass is 9.93. The summed E-state index contributed by atoms with van der Waals surface area (Å²) in [6, 6.07) is 19.5. The standard InChI is InChI=1S/C28H27NO5/c1-17-15-23(34-4)18(2)14-22(17)26(30)24-25(20-8-6-5-7-9-20)29(28(32)27(24)31)16-19-10-12-21(33-3)13-11-19/h5-15,25,30H,16H2,1-4H3/b26-24+. The van der Waals surface area contributed by atoms with Crippen LogP contribution < -0.4 is 9.47 Å². The number of aliphatic hydroxyl groups is 1. The Morgan fingerprint density at radius 2 is 1.59 bits per heavy atom. The van der Waals surface area contributed by atoms with Crippen LogP contribution in [0.15, 0.2) is 72.3 Å². The highest BCUT2D eigenvalue weighted by molar-refractivity contribution is 6.46. The minimum Gasteiger partial charge on any atom is -0.507 e. The highest BCUT2D eigenvalue weighted by atomic mass is 16.5. The Morgan fingerprint density at radius 3 is 2.21 bits per heavy atom. The molecule has 1 fully saturated rings. The van der Waals surface area contributed by atoms with Crippen LogP contribution in [0.4, 0.5) is 0 Å². The Balaban J connectivity index is 1.85. The number of hydrogen-bond acceptors (Lipinski definition) is 5. The summed E-state index contributed by atoms with van der Waals surface area (Å²) in [5.74, 6) is -0.140. The molecule has 1 heterocycles. The third-order valence-electron chi connectivity index (χ3n) is 6.16. The first-order chi connectivity index (χ1) is 16.3. The summed E-state index contributed by atoms with van der Waals surface area (Å²) in [6.07, 6.45) is 0. The zero-order valence-corrected chi connectivity index (χ0v) is 19.7. The number of aryl methyl sites for hydroxylation is 2. The van der Waals surface area contributed by atoms with Gasteiger partial charge in [-0.1, -0.05) is 42.5 Å². The van der Waals surface area contributed by atoms with Crippen LogP contribution in [0.25, 0.3) is 5.76 Å². The molecular formula is C28H27NO5. The van der Waals surface area contributed by atoms with Gasteiger partial charge in [0.25, 0.3) is 11.7 Å². The Kier molecular flexibility index (Phi) is 6.41. The Labute approximate surface area is 199 Å². The minimum absolute atomic E-state index is 0.0809. The number of nitrogens with zero attached hydrogens (tertiary/aromatic N) is 1. The maximum absolute atomic E-state index is 13.3. The summed E-state index contributed by atoms with van der Waals surface area (Å²) in [7, 11) is 3.17. The molecule has 0 aromatic heterocycles. The summed E-state index contributed by atoms with van der Waals surface area (Å²) < 4.78 is 10.6. The van der Waals surface area contributed by atoms with E-state index < -0.39 is 17.7 Å². The Morgan fingerprint density at radius 1 is 0.912 bits per heavy atom. The third kappa shape index (κ3) is 4.15. The molecule has 1 saturated heterocycles. The van der Waals surface area contributed by atoms with Crippen LogP contribution in [0.5, 0.6) is 11.5 Å². The SMILES string of the molecule is COc1ccc(CN2C(=O)C(=O)/C(=C(/O)c3cc(C)c(OC)cc3C)C2c2ccccc2)cc1. The van der Waals surface area contributed by atoms with Gasteiger partial charge >= 0.3 is 0 Å². The third-order valence-corrected chi connectivity index (χ3v) is 6.16. The number of methoxy groups -OCH3 is 2. The predicted molar refractivity (Wildman–Crippen MR) is 130 cm³/mol. The normalized spacial score (nSPS) is 17.2. The van der Waals surface area contributed by atoms with E-state index in [0.717, 1.165) is 22.3 Å². The van der Waals surface area contributed by atoms with Crippen molar-refractivity contribution in [1.82, 2.24) is 4.90 Å². The van der Waals surface area contributed by atoms with Gasteiger partial charge in [-0.15, -0.1) is 0 Å². The molecular weight excluding hydrogens is 430 g/mol. The van der Waals surface area contributed by atoms with Gasteiger partial charge in [-0.25, -0.2) is 0 Å². The number of hydrogen-bond donors (Lipinski definition) is 1. The average molecular weight is 458 g/mol. The molecule has 1 aliphatic heterocycles. The fraction of sp³-hybridized carbons (Fsp3) is 0.214. The fourth-order valence-corrected chi connectivity index (χ4v) is 4.36. The van der Waals surface area contributed by atoms with E-state index in [1.807, 2.05) is 74.5 Å². The molecule has 6 nitrogen and oxygen atoms in total. The van der Waals surface area contributed by atoms with Gasteiger partial charge in [-0.2, -0.15) is 0 Å². The highest BCUT2D eigenvalue weighted by Crippen LogP contribution is 2.41. The van der Waals surface area contributed by atoms with Gasteiger partial charge in [-0.3, -0.25) is 9.59 Å². The van der Waals surface area contributed by atoms with Crippen molar-refractivity contribution in [2.75, 3.05) is 14.2 Å². The van der Waals surface area contributed by atoms with Crippen molar-refractivity contribution in [3.05, 3.63) is 100 Å². The van der Waals surface area contributed by atoms with Crippen LogP contribution in [-0.4, -0.2) is 35.9 Å². The molecule has 3 aromatic carbocycles. The van der Waals surface area contributed by atoms with Gasteiger partial charge in [0, 0.05) is 12.1 Å². The monoisotopic (exact) mass is 457 g/mol. The first-order valence-corrected chi connectivity index (χ1v) is 11.0. The number of carbonyl (C=O) groups excluding carboxylic acids is 2. The van der Waals surface area contributed by atoms with Crippen LogP contribution in [0.3, 0.4) is 0 Å². The Hall–Kier alpha value is -4.06. The molecule has 1 aliphatic rings. The van der Waals surface area contributed by atoms with Gasteiger partial charge in [-0.05, 0) is 60.4 Å². The maximum Gasteiger partial charge on any atom is 0.295 e. The largest absolute Gasteiger partial charge is 0.507 e. The van der Waals surface area contributed by atoms with Crippen molar-refractivity contribution >= 4 is 17.4 Å². The first-order valence-electron chi connectivity index (χ1n) is 11.0. The number of amides is 1. The number of likely N-dealkylation sites (tertiary alicyclic amines) is 1. The predicted octanol–water partition coefficient (Wildman–Crippen LogP) is 4.94. The van der Waals surface area contributed by atoms with Gasteiger partial charge in [0.05, 0.1) is 25.8 Å². The smallest absolute Gasteiger partial charge is 0.295 e. The minimum atomic E-state index is -0.717. The second kappa shape index (κ2) is 9.43. The molecule has 0 spiro atoms. The summed E-state index contributed by atoms with van der Waals surface area (Å²) in [5, 5.41) is 11.4. The molecule has 1 unspecified atom stereocenters. The molecule has 1 atom stereocenters. The molecule has 0 aliphatic carbocycles. The van der Waals surface area contributed by atoms with E-state index >= 15 is 0 Å². The molecule has 6 heteroatoms. The number of Topliss-reactive ketones (excluding diaryl/α,β-unsaturated/α-hetero) is 1. The topological polar surface area (TPSA) is 76.1 Å². The van der Waals surface area contributed by atoms with E-state index in [0.29, 0.717) is 17.1 Å². The number of ketones is 1. The number of rotatable bonds is 6. The fourth-order valence-electron chi connectivity index (χ4n) is 4.36. The van der Waals surface area contributed by atoms with Gasteiger partial charge in [0.1, 0.15) is 17.3 Å². The molecule has 3 aromatic rings. The highest BCUT2D eigenvalue weighted by Gasteiger charge is 2.46. The summed E-state index contributed by atoms with van der Waals surface area (Å²) in [6.45, 7) is 3.92. The maximum atomic E-state index is 13.3. The molecule has 1 N–H and O–H groups in total. The zero-order chi connectivity index (χ0) is 24.4. The molecule has 34 heavy (non-hydrogen) atoms. The second-order valence-corrected chi connectivity index (χ2v) is 8.32. The van der Waals surface area contributed by atoms with Crippen molar-refractivity contribution in [3.63, 3.8) is 0 Å². The van der Waals surface area contributed by atoms with Crippen LogP contribution in [0.2, 0.25) is 0 Å². The van der Waals surface area contributed by atoms with E-state index in [4.69, 9.17) is 9.47 Å². The molecule has 0 radical (unpaired) electrons. The molecule has 174 valence electrons. The lowest BCUT2D eigenvalue weighted by molar-refractivity contribution is -0.140. The van der Waals surface area contributed by atoms with Crippen LogP contribution in [0.1, 0.15) is 33.9 Å². The molecule has 4 rings (SSSR count). The molecule has 0 saturated carbocycles. The van der Waals surface area contributed by atoms with E-state index in [9.17, 15) is 14.7 Å². The number of aliphatic hydroxyl groups excluding tert-OH is 1. The zero-order valence-electron chi connectivity index (χ0n) is 19.7. The lowest BCUT2D eigenvalue weighted by Gasteiger charge is -2.25. The summed E-state index contributed by atoms with van der Waals surface area (Å²) >= 11 is 0. The number of carbonyl (C=O) groups is 2. The van der Waals surface area contributed by atoms with E-state index in [1.165, 1.54) is 4.90 Å². The van der Waals surface area contributed by atoms with Gasteiger partial charge in [0.2, 0.25) is 0 Å². The van der Waals surface area contributed by atoms with E-state index in [2.05, 4.69) is 0 Å². The number of ether oxygens (including phenoxy) is 2. The summed E-state index contributed by atoms with van der Waals surface area (Å²) in [5.41, 5.74) is 3.74. The summed E-state index contributed by atoms with van der Waals surface area (Å²) in [4.78, 5) is 28.0. The van der Waals surface area contributed by atoms with Gasteiger partial charge < -0.3 is 19.5 Å². The van der Waals surface area contributed by atoms with Crippen molar-refractivity contribution < 1.29 is 24.2 Å². The van der Waals surface area contributed by atoms with Gasteiger partial charge in [0.15, 0.2) is 0 Å². The molecule has 0 bridgehead atoms. The van der Waals surface area contributed by atoms with E-state index in [-0.39, 0.29) is 17.9 Å². The average Bonchev–Trinajstić information content (AvgIpc) is 3.10. The van der Waals surface area contributed by atoms with Crippen LogP contribution in [0, 0.1) is 13.8 Å². The molecule has 1 amide bonds. The second-order valence-electron chi connectivity index (χ2n) is 8.32.